The highest BCUT2D eigenvalue weighted by Gasteiger charge is 2.24. The largest absolute Gasteiger partial charge is 0.342 e. The van der Waals surface area contributed by atoms with E-state index < -0.39 is 27.9 Å². The number of benzene rings is 2. The summed E-state index contributed by atoms with van der Waals surface area (Å²) in [6.45, 7) is 3.55. The molecule has 2 amide bonds. The maximum absolute atomic E-state index is 13.9. The third-order valence-corrected chi connectivity index (χ3v) is 6.38. The van der Waals surface area contributed by atoms with Crippen molar-refractivity contribution in [3.63, 3.8) is 0 Å². The van der Waals surface area contributed by atoms with E-state index >= 15 is 0 Å². The number of amides is 2. The Balaban J connectivity index is 1.66. The van der Waals surface area contributed by atoms with Crippen molar-refractivity contribution >= 4 is 35.0 Å². The molecule has 3 rings (SSSR count). The number of halogens is 1. The quantitative estimate of drug-likeness (QED) is 0.267. The lowest BCUT2D eigenvalue weighted by Gasteiger charge is -2.16. The molecule has 178 valence electrons. The fourth-order valence-electron chi connectivity index (χ4n) is 3.13. The van der Waals surface area contributed by atoms with Crippen molar-refractivity contribution in [2.75, 3.05) is 5.32 Å². The summed E-state index contributed by atoms with van der Waals surface area (Å²) in [6.07, 6.45) is 0.491. The van der Waals surface area contributed by atoms with Crippen LogP contribution in [0.3, 0.4) is 0 Å². The molecule has 34 heavy (non-hydrogen) atoms. The van der Waals surface area contributed by atoms with Crippen LogP contribution in [0.25, 0.3) is 0 Å². The number of nitro groups is 1. The van der Waals surface area contributed by atoms with Gasteiger partial charge >= 0.3 is 0 Å². The summed E-state index contributed by atoms with van der Waals surface area (Å²) >= 11 is 1.20. The van der Waals surface area contributed by atoms with E-state index in [1.807, 2.05) is 6.92 Å². The second kappa shape index (κ2) is 10.9. The Kier molecular flexibility index (Phi) is 7.95. The van der Waals surface area contributed by atoms with Crippen molar-refractivity contribution in [3.05, 3.63) is 75.9 Å². The summed E-state index contributed by atoms with van der Waals surface area (Å²) < 4.78 is 15.5. The van der Waals surface area contributed by atoms with E-state index in [0.717, 1.165) is 0 Å². The van der Waals surface area contributed by atoms with Crippen molar-refractivity contribution < 1.29 is 18.9 Å². The molecule has 0 aliphatic carbocycles. The van der Waals surface area contributed by atoms with Crippen LogP contribution in [0.4, 0.5) is 15.8 Å². The number of carbonyl (C=O) groups is 2. The maximum Gasteiger partial charge on any atom is 0.269 e. The monoisotopic (exact) mass is 486 g/mol. The van der Waals surface area contributed by atoms with Crippen LogP contribution in [-0.4, -0.2) is 36.8 Å². The number of rotatable bonds is 9. The highest BCUT2D eigenvalue weighted by molar-refractivity contribution is 8.00. The molecule has 0 bridgehead atoms. The molecule has 10 nitrogen and oxygen atoms in total. The predicted molar refractivity (Wildman–Crippen MR) is 125 cm³/mol. The van der Waals surface area contributed by atoms with Gasteiger partial charge in [0.1, 0.15) is 5.82 Å². The fraction of sp³-hybridized carbons (Fsp3) is 0.273. The van der Waals surface area contributed by atoms with Crippen LogP contribution < -0.4 is 10.6 Å². The number of thioether (sulfide) groups is 1. The molecule has 3 aromatic rings. The van der Waals surface area contributed by atoms with E-state index in [-0.39, 0.29) is 17.2 Å². The van der Waals surface area contributed by atoms with Crippen molar-refractivity contribution in [2.45, 2.75) is 36.7 Å². The zero-order valence-corrected chi connectivity index (χ0v) is 19.5. The molecule has 0 fully saturated rings. The Morgan fingerprint density at radius 2 is 1.85 bits per heavy atom. The molecule has 2 N–H and O–H groups in total. The Labute approximate surface area is 199 Å². The van der Waals surface area contributed by atoms with Crippen LogP contribution in [0.15, 0.2) is 53.7 Å². The number of nitro benzene ring substituents is 1. The van der Waals surface area contributed by atoms with Crippen LogP contribution in [0, 0.1) is 15.9 Å². The van der Waals surface area contributed by atoms with Gasteiger partial charge in [0.2, 0.25) is 5.91 Å². The number of nitrogens with one attached hydrogen (secondary N) is 2. The van der Waals surface area contributed by atoms with E-state index in [4.69, 9.17) is 0 Å². The maximum atomic E-state index is 13.9. The lowest BCUT2D eigenvalue weighted by atomic mass is 10.2. The summed E-state index contributed by atoms with van der Waals surface area (Å²) in [5, 5.41) is 24.5. The smallest absolute Gasteiger partial charge is 0.269 e. The second-order valence-corrected chi connectivity index (χ2v) is 8.55. The molecule has 0 aliphatic rings. The molecular formula is C22H23FN6O4S. The Morgan fingerprint density at radius 3 is 2.47 bits per heavy atom. The summed E-state index contributed by atoms with van der Waals surface area (Å²) in [6, 6.07) is 10.7. The van der Waals surface area contributed by atoms with Gasteiger partial charge in [-0.3, -0.25) is 19.7 Å². The lowest BCUT2D eigenvalue weighted by molar-refractivity contribution is -0.384. The molecule has 2 aromatic carbocycles. The van der Waals surface area contributed by atoms with Crippen LogP contribution in [0.2, 0.25) is 0 Å². The van der Waals surface area contributed by atoms with Crippen LogP contribution in [0.1, 0.15) is 42.5 Å². The molecule has 0 spiro atoms. The first kappa shape index (κ1) is 24.8. The highest BCUT2D eigenvalue weighted by Crippen LogP contribution is 2.27. The van der Waals surface area contributed by atoms with Crippen molar-refractivity contribution in [1.82, 2.24) is 20.1 Å². The summed E-state index contributed by atoms with van der Waals surface area (Å²) in [4.78, 5) is 35.4. The van der Waals surface area contributed by atoms with Gasteiger partial charge in [-0.05, 0) is 37.6 Å². The van der Waals surface area contributed by atoms with Crippen molar-refractivity contribution in [3.8, 4) is 0 Å². The second-order valence-electron chi connectivity index (χ2n) is 7.38. The van der Waals surface area contributed by atoms with Gasteiger partial charge < -0.3 is 15.2 Å². The number of hydrogen-bond donors (Lipinski definition) is 2. The van der Waals surface area contributed by atoms with Crippen LogP contribution >= 0.6 is 11.8 Å². The number of anilines is 1. The molecule has 2 atom stereocenters. The number of nitrogens with zero attached hydrogens (tertiary/aromatic N) is 4. The van der Waals surface area contributed by atoms with E-state index in [1.54, 1.807) is 24.6 Å². The number of carbonyl (C=O) groups excluding carboxylic acids is 2. The fourth-order valence-corrected chi connectivity index (χ4v) is 4.06. The van der Waals surface area contributed by atoms with Gasteiger partial charge in [-0.2, -0.15) is 0 Å². The molecule has 1 heterocycles. The van der Waals surface area contributed by atoms with E-state index in [1.165, 1.54) is 54.2 Å². The predicted octanol–water partition coefficient (Wildman–Crippen LogP) is 3.86. The minimum absolute atomic E-state index is 0.0674. The third kappa shape index (κ3) is 5.76. The van der Waals surface area contributed by atoms with Crippen LogP contribution in [0.5, 0.6) is 0 Å². The van der Waals surface area contributed by atoms with Gasteiger partial charge in [0.15, 0.2) is 11.0 Å². The SMILES string of the molecule is CC[C@@H](Sc1nnc([C@H](C)NC(=O)c2ccccc2F)n1C)C(=O)Nc1ccc([N+](=O)[O-])cc1. The number of non-ortho nitro benzene ring substituents is 1. The third-order valence-electron chi connectivity index (χ3n) is 4.98. The Morgan fingerprint density at radius 1 is 1.18 bits per heavy atom. The molecule has 0 saturated heterocycles. The summed E-state index contributed by atoms with van der Waals surface area (Å²) in [7, 11) is 1.71. The molecule has 12 heteroatoms. The first-order chi connectivity index (χ1) is 16.2. The number of hydrogen-bond acceptors (Lipinski definition) is 7. The first-order valence-corrected chi connectivity index (χ1v) is 11.3. The first-order valence-electron chi connectivity index (χ1n) is 10.4. The summed E-state index contributed by atoms with van der Waals surface area (Å²) in [5.74, 6) is -1.03. The molecular weight excluding hydrogens is 463 g/mol. The van der Waals surface area contributed by atoms with Gasteiger partial charge in [-0.25, -0.2) is 4.39 Å². The highest BCUT2D eigenvalue weighted by atomic mass is 32.2. The number of aromatic nitrogens is 3. The molecule has 0 unspecified atom stereocenters. The van der Waals surface area contributed by atoms with Gasteiger partial charge in [-0.1, -0.05) is 30.8 Å². The van der Waals surface area contributed by atoms with Gasteiger partial charge in [0, 0.05) is 24.9 Å². The van der Waals surface area contributed by atoms with E-state index in [9.17, 15) is 24.1 Å². The van der Waals surface area contributed by atoms with Crippen LogP contribution in [-0.2, 0) is 11.8 Å². The molecule has 1 aromatic heterocycles. The standard InChI is InChI=1S/C22H23FN6O4S/c1-4-18(21(31)25-14-9-11-15(12-10-14)29(32)33)34-22-27-26-19(28(22)3)13(2)24-20(30)16-7-5-6-8-17(16)23/h5-13,18H,4H2,1-3H3,(H,24,30)(H,25,31)/t13-,18+/m0/s1. The molecule has 0 radical (unpaired) electrons. The minimum Gasteiger partial charge on any atom is -0.342 e. The minimum atomic E-state index is -0.619. The van der Waals surface area contributed by atoms with Gasteiger partial charge in [-0.15, -0.1) is 10.2 Å². The van der Waals surface area contributed by atoms with E-state index in [0.29, 0.717) is 23.1 Å². The lowest BCUT2D eigenvalue weighted by Crippen LogP contribution is -2.29. The average molecular weight is 487 g/mol. The average Bonchev–Trinajstić information content (AvgIpc) is 3.17. The van der Waals surface area contributed by atoms with Crippen molar-refractivity contribution in [2.24, 2.45) is 7.05 Å². The topological polar surface area (TPSA) is 132 Å². The van der Waals surface area contributed by atoms with Gasteiger partial charge in [0.25, 0.3) is 11.6 Å². The Bertz CT molecular complexity index is 1200. The zero-order chi connectivity index (χ0) is 24.8. The zero-order valence-electron chi connectivity index (χ0n) is 18.7. The summed E-state index contributed by atoms with van der Waals surface area (Å²) in [5.41, 5.74) is 0.306. The van der Waals surface area contributed by atoms with E-state index in [2.05, 4.69) is 20.8 Å². The van der Waals surface area contributed by atoms with Gasteiger partial charge in [0.05, 0.1) is 21.8 Å². The Hall–Kier alpha value is -3.80. The van der Waals surface area contributed by atoms with Crippen molar-refractivity contribution in [1.29, 1.82) is 0 Å². The molecule has 0 saturated carbocycles. The molecule has 0 aliphatic heterocycles. The normalized spacial score (nSPS) is 12.6.